The number of rotatable bonds is 5. The molecule has 0 N–H and O–H groups in total. The molecular weight excluding hydrogens is 369 g/mol. The second kappa shape index (κ2) is 8.73. The molecule has 0 fully saturated rings. The highest BCUT2D eigenvalue weighted by Crippen LogP contribution is 2.32. The van der Waals surface area contributed by atoms with Crippen LogP contribution in [0.4, 0.5) is 13.2 Å². The van der Waals surface area contributed by atoms with E-state index in [-0.39, 0.29) is 5.92 Å². The summed E-state index contributed by atoms with van der Waals surface area (Å²) >= 11 is 0. The van der Waals surface area contributed by atoms with Crippen molar-refractivity contribution in [2.24, 2.45) is 4.99 Å². The number of ether oxygens (including phenoxy) is 2. The maximum absolute atomic E-state index is 13.5. The molecule has 0 spiro atoms. The van der Waals surface area contributed by atoms with Gasteiger partial charge in [-0.25, -0.2) is 9.38 Å². The summed E-state index contributed by atoms with van der Waals surface area (Å²) in [5.41, 5.74) is 0.350. The van der Waals surface area contributed by atoms with Gasteiger partial charge in [-0.1, -0.05) is 18.2 Å². The second-order valence-electron chi connectivity index (χ2n) is 6.08. The Hall–Kier alpha value is -3.09. The number of halogens is 3. The van der Waals surface area contributed by atoms with Crippen LogP contribution in [-0.2, 0) is 5.92 Å². The first-order valence-electron chi connectivity index (χ1n) is 8.64. The molecule has 1 atom stereocenters. The highest BCUT2D eigenvalue weighted by atomic mass is 19.3. The third kappa shape index (κ3) is 4.42. The van der Waals surface area contributed by atoms with Crippen molar-refractivity contribution in [1.82, 2.24) is 4.98 Å². The molecule has 28 heavy (non-hydrogen) atoms. The van der Waals surface area contributed by atoms with E-state index in [2.05, 4.69) is 9.98 Å². The number of aromatic nitrogens is 1. The Balaban J connectivity index is 1.92. The number of allylic oxidation sites excluding steroid dienone is 2. The minimum Gasteiger partial charge on any atom is -0.496 e. The molecule has 2 heterocycles. The van der Waals surface area contributed by atoms with E-state index >= 15 is 0 Å². The fourth-order valence-corrected chi connectivity index (χ4v) is 2.75. The zero-order valence-electron chi connectivity index (χ0n) is 15.2. The number of pyridine rings is 1. The van der Waals surface area contributed by atoms with E-state index in [0.29, 0.717) is 23.8 Å². The minimum absolute atomic E-state index is 0.312. The summed E-state index contributed by atoms with van der Waals surface area (Å²) in [6, 6.07) is 6.76. The Bertz CT molecular complexity index is 893. The minimum atomic E-state index is -3.52. The molecule has 2 aromatic rings. The molecule has 1 aromatic heterocycles. The summed E-state index contributed by atoms with van der Waals surface area (Å²) in [7, 11) is 1.56. The molecule has 1 aromatic carbocycles. The number of hydrogen-bond acceptors (Lipinski definition) is 4. The predicted octanol–water partition coefficient (Wildman–Crippen LogP) is 5.19. The Morgan fingerprint density at radius 3 is 2.64 bits per heavy atom. The number of methoxy groups -OCH3 is 1. The lowest BCUT2D eigenvalue weighted by molar-refractivity contribution is -0.0280. The van der Waals surface area contributed by atoms with Gasteiger partial charge in [0.05, 0.1) is 13.0 Å². The van der Waals surface area contributed by atoms with Crippen molar-refractivity contribution in [2.75, 3.05) is 13.8 Å². The molecule has 0 saturated carbocycles. The maximum Gasteiger partial charge on any atom is 0.301 e. The van der Waals surface area contributed by atoms with Crippen LogP contribution in [0.1, 0.15) is 23.5 Å². The largest absolute Gasteiger partial charge is 0.496 e. The molecule has 0 saturated heterocycles. The van der Waals surface area contributed by atoms with Crippen LogP contribution in [-0.4, -0.2) is 24.7 Å². The van der Waals surface area contributed by atoms with E-state index in [9.17, 15) is 13.2 Å². The Labute approximate surface area is 161 Å². The van der Waals surface area contributed by atoms with Crippen LogP contribution in [0.25, 0.3) is 0 Å². The van der Waals surface area contributed by atoms with Crippen molar-refractivity contribution in [2.45, 2.75) is 18.3 Å². The number of benzene rings is 1. The van der Waals surface area contributed by atoms with Crippen LogP contribution in [0.5, 0.6) is 11.5 Å². The van der Waals surface area contributed by atoms with Crippen LogP contribution in [0, 0.1) is 0 Å². The number of aliphatic imine (C=N–C) groups is 1. The lowest BCUT2D eigenvalue weighted by Gasteiger charge is -2.20. The maximum atomic E-state index is 13.5. The summed E-state index contributed by atoms with van der Waals surface area (Å²) in [5, 5.41) is 0. The van der Waals surface area contributed by atoms with Crippen molar-refractivity contribution in [1.29, 1.82) is 0 Å². The molecule has 146 valence electrons. The Morgan fingerprint density at radius 2 is 1.93 bits per heavy atom. The van der Waals surface area contributed by atoms with Gasteiger partial charge < -0.3 is 9.47 Å². The van der Waals surface area contributed by atoms with Gasteiger partial charge in [0.1, 0.15) is 11.5 Å². The molecular formula is C21H19F3N2O2. The summed E-state index contributed by atoms with van der Waals surface area (Å²) < 4.78 is 50.7. The third-order valence-corrected chi connectivity index (χ3v) is 4.21. The average Bonchev–Trinajstić information content (AvgIpc) is 2.71. The van der Waals surface area contributed by atoms with Gasteiger partial charge in [0.15, 0.2) is 6.67 Å². The van der Waals surface area contributed by atoms with Gasteiger partial charge in [0, 0.05) is 29.7 Å². The van der Waals surface area contributed by atoms with Crippen LogP contribution < -0.4 is 9.47 Å². The highest BCUT2D eigenvalue weighted by molar-refractivity contribution is 5.88. The van der Waals surface area contributed by atoms with Crippen LogP contribution in [0.15, 0.2) is 72.1 Å². The topological polar surface area (TPSA) is 43.7 Å². The summed E-state index contributed by atoms with van der Waals surface area (Å²) in [4.78, 5) is 8.52. The molecule has 3 rings (SSSR count). The molecule has 0 aliphatic carbocycles. The molecule has 1 aliphatic rings. The molecule has 0 amide bonds. The highest BCUT2D eigenvalue weighted by Gasteiger charge is 2.31. The molecule has 7 heteroatoms. The summed E-state index contributed by atoms with van der Waals surface area (Å²) in [6.45, 7) is -1.75. The van der Waals surface area contributed by atoms with Gasteiger partial charge in [-0.15, -0.1) is 0 Å². The van der Waals surface area contributed by atoms with Gasteiger partial charge >= 0.3 is 5.92 Å². The first-order valence-corrected chi connectivity index (χ1v) is 8.64. The lowest BCUT2D eigenvalue weighted by Crippen LogP contribution is -2.19. The van der Waals surface area contributed by atoms with E-state index in [1.54, 1.807) is 31.8 Å². The average molecular weight is 388 g/mol. The van der Waals surface area contributed by atoms with E-state index in [1.165, 1.54) is 12.1 Å². The van der Waals surface area contributed by atoms with E-state index in [4.69, 9.17) is 9.47 Å². The van der Waals surface area contributed by atoms with Gasteiger partial charge in [-0.05, 0) is 36.8 Å². The number of nitrogens with zero attached hydrogens (tertiary/aromatic N) is 2. The summed E-state index contributed by atoms with van der Waals surface area (Å²) in [5.74, 6) is -2.62. The fraction of sp³-hybridized carbons (Fsp3) is 0.238. The van der Waals surface area contributed by atoms with E-state index in [0.717, 1.165) is 17.7 Å². The lowest BCUT2D eigenvalue weighted by atomic mass is 9.98. The van der Waals surface area contributed by atoms with Gasteiger partial charge in [-0.3, -0.25) is 4.98 Å². The summed E-state index contributed by atoms with van der Waals surface area (Å²) in [6.07, 6.45) is 11.4. The zero-order chi connectivity index (χ0) is 20.0. The van der Waals surface area contributed by atoms with Crippen LogP contribution in [0.3, 0.4) is 0 Å². The van der Waals surface area contributed by atoms with Gasteiger partial charge in [-0.2, -0.15) is 8.78 Å². The van der Waals surface area contributed by atoms with Gasteiger partial charge in [0.25, 0.3) is 0 Å². The fourth-order valence-electron chi connectivity index (χ4n) is 2.75. The number of alkyl halides is 3. The molecule has 1 aliphatic heterocycles. The van der Waals surface area contributed by atoms with Crippen molar-refractivity contribution < 1.29 is 22.6 Å². The predicted molar refractivity (Wildman–Crippen MR) is 101 cm³/mol. The third-order valence-electron chi connectivity index (χ3n) is 4.21. The number of hydrogen-bond donors (Lipinski definition) is 0. The second-order valence-corrected chi connectivity index (χ2v) is 6.08. The molecule has 0 bridgehead atoms. The van der Waals surface area contributed by atoms with Crippen LogP contribution in [0.2, 0.25) is 0 Å². The molecule has 0 radical (unpaired) electrons. The smallest absolute Gasteiger partial charge is 0.301 e. The van der Waals surface area contributed by atoms with Crippen LogP contribution >= 0.6 is 0 Å². The molecule has 1 unspecified atom stereocenters. The quantitative estimate of drug-likeness (QED) is 0.663. The molecule has 4 nitrogen and oxygen atoms in total. The SMILES string of the molecule is COc1ccncc1C1/C=C\C/C=C\N=C1Oc1ccc(C(F)(F)CF)cc1. The van der Waals surface area contributed by atoms with Crippen molar-refractivity contribution in [3.63, 3.8) is 0 Å². The van der Waals surface area contributed by atoms with Crippen molar-refractivity contribution in [3.8, 4) is 11.5 Å². The Morgan fingerprint density at radius 1 is 1.14 bits per heavy atom. The van der Waals surface area contributed by atoms with E-state index in [1.807, 2.05) is 18.2 Å². The monoisotopic (exact) mass is 388 g/mol. The standard InChI is InChI=1S/C21H19F3N2O2/c1-27-19-10-12-25-13-18(19)17-5-3-2-4-11-26-20(17)28-16-8-6-15(7-9-16)21(23,24)14-22/h3-13,17H,2,14H2,1H3/b5-3-,11-4-,26-20?. The first kappa shape index (κ1) is 19.7. The van der Waals surface area contributed by atoms with Gasteiger partial charge in [0.2, 0.25) is 5.90 Å². The first-order chi connectivity index (χ1) is 13.5. The zero-order valence-corrected chi connectivity index (χ0v) is 15.2. The Kier molecular flexibility index (Phi) is 6.13. The normalized spacial score (nSPS) is 19.1. The van der Waals surface area contributed by atoms with Crippen molar-refractivity contribution in [3.05, 3.63) is 78.3 Å². The van der Waals surface area contributed by atoms with Crippen molar-refractivity contribution >= 4 is 5.90 Å². The van der Waals surface area contributed by atoms with E-state index < -0.39 is 18.2 Å².